The van der Waals surface area contributed by atoms with Crippen LogP contribution < -0.4 is 10.2 Å². The second-order valence-corrected chi connectivity index (χ2v) is 10.6. The number of hydrogen-bond donors (Lipinski definition) is 0. The second kappa shape index (κ2) is 22.7. The van der Waals surface area contributed by atoms with Crippen molar-refractivity contribution in [1.29, 1.82) is 0 Å². The van der Waals surface area contributed by atoms with E-state index in [9.17, 15) is 10.2 Å². The molecule has 0 fully saturated rings. The molecule has 0 N–H and O–H groups in total. The summed E-state index contributed by atoms with van der Waals surface area (Å²) in [5.74, 6) is -0.735. The van der Waals surface area contributed by atoms with Gasteiger partial charge < -0.3 is 10.2 Å². The molecule has 3 aromatic carbocycles. The van der Waals surface area contributed by atoms with Crippen LogP contribution in [0.5, 0.6) is 11.5 Å². The Balaban J connectivity index is 0.000000497. The standard InChI is InChI=1S/C25H34N2.C12H18O2.Ni/c1-3-5-7-15-21-25(27-23-18-13-9-14-19-23)24(20-10-6-4-2)26-22-16-11-8-12-17-22;1-3-5-9-7-11(13)12(14)8-10(9)6-4-2;/h8-9,11-14,16-19H,3-7,10,15,20-21H2,1-2H3;7-8,13-14H,3-6H2,1-2H3;/q;;+2/p-2. The van der Waals surface area contributed by atoms with Gasteiger partial charge in [0.25, 0.3) is 0 Å². The number of nitrogens with zero attached hydrogens (tertiary/aromatic N) is 2. The summed E-state index contributed by atoms with van der Waals surface area (Å²) in [4.78, 5) is 10.0. The van der Waals surface area contributed by atoms with Crippen LogP contribution in [0, 0.1) is 0 Å². The van der Waals surface area contributed by atoms with E-state index in [1.165, 1.54) is 57.1 Å². The molecule has 0 bridgehead atoms. The van der Waals surface area contributed by atoms with Gasteiger partial charge in [-0.3, -0.25) is 9.98 Å². The first-order valence-electron chi connectivity index (χ1n) is 15.8. The SMILES string of the molecule is CCCCCCC(=Nc1ccccc1)C(CCCCC)=Nc1ccccc1.CCCc1cc([O-])c([O-])cc1CCC.[Ni+2]. The maximum Gasteiger partial charge on any atom is 2.00 e. The summed E-state index contributed by atoms with van der Waals surface area (Å²) in [6, 6.07) is 23.6. The van der Waals surface area contributed by atoms with Gasteiger partial charge in [0.15, 0.2) is 0 Å². The molecule has 0 aliphatic rings. The fourth-order valence-corrected chi connectivity index (χ4v) is 4.76. The molecule has 5 heteroatoms. The van der Waals surface area contributed by atoms with E-state index in [0.717, 1.165) is 72.4 Å². The molecule has 0 unspecified atom stereocenters. The van der Waals surface area contributed by atoms with Crippen LogP contribution >= 0.6 is 0 Å². The molecule has 3 aromatic rings. The minimum Gasteiger partial charge on any atom is -0.873 e. The molecular weight excluding hydrogens is 563 g/mol. The van der Waals surface area contributed by atoms with E-state index >= 15 is 0 Å². The summed E-state index contributed by atoms with van der Waals surface area (Å²) in [5.41, 5.74) is 6.49. The van der Waals surface area contributed by atoms with Crippen LogP contribution in [0.1, 0.15) is 109 Å². The summed E-state index contributed by atoms with van der Waals surface area (Å²) in [5, 5.41) is 22.3. The van der Waals surface area contributed by atoms with Crippen molar-refractivity contribution in [3.05, 3.63) is 83.9 Å². The zero-order chi connectivity index (χ0) is 29.7. The maximum absolute atomic E-state index is 11.2. The van der Waals surface area contributed by atoms with Gasteiger partial charge in [-0.2, -0.15) is 0 Å². The van der Waals surface area contributed by atoms with E-state index < -0.39 is 0 Å². The first kappa shape index (κ1) is 37.1. The predicted molar refractivity (Wildman–Crippen MR) is 173 cm³/mol. The molecule has 0 spiro atoms. The monoisotopic (exact) mass is 612 g/mol. The average Bonchev–Trinajstić information content (AvgIpc) is 2.98. The largest absolute Gasteiger partial charge is 2.00 e. The Labute approximate surface area is 265 Å². The zero-order valence-corrected chi connectivity index (χ0v) is 27.1. The van der Waals surface area contributed by atoms with Gasteiger partial charge in [-0.05, 0) is 73.9 Å². The van der Waals surface area contributed by atoms with Crippen molar-refractivity contribution in [2.75, 3.05) is 0 Å². The first-order chi connectivity index (χ1) is 20.0. The molecule has 0 radical (unpaired) electrons. The van der Waals surface area contributed by atoms with E-state index in [1.807, 2.05) is 12.1 Å². The maximum atomic E-state index is 11.2. The molecule has 0 amide bonds. The molecule has 0 aliphatic heterocycles. The molecule has 230 valence electrons. The Bertz CT molecular complexity index is 1150. The summed E-state index contributed by atoms with van der Waals surface area (Å²) in [6.45, 7) is 8.65. The number of rotatable bonds is 16. The van der Waals surface area contributed by atoms with Gasteiger partial charge in [0.2, 0.25) is 0 Å². The van der Waals surface area contributed by atoms with Crippen molar-refractivity contribution < 1.29 is 26.7 Å². The van der Waals surface area contributed by atoms with Gasteiger partial charge in [0.05, 0.1) is 22.8 Å². The van der Waals surface area contributed by atoms with Crippen molar-refractivity contribution in [2.45, 2.75) is 111 Å². The molecular formula is C37H50N2NiO2. The minimum absolute atomic E-state index is 0. The molecule has 0 heterocycles. The van der Waals surface area contributed by atoms with Crippen molar-refractivity contribution in [3.8, 4) is 11.5 Å². The van der Waals surface area contributed by atoms with Crippen LogP contribution in [0.4, 0.5) is 11.4 Å². The van der Waals surface area contributed by atoms with Crippen LogP contribution in [0.15, 0.2) is 82.8 Å². The molecule has 0 aromatic heterocycles. The fraction of sp³-hybridized carbons (Fsp3) is 0.459. The minimum atomic E-state index is -0.367. The van der Waals surface area contributed by atoms with Crippen molar-refractivity contribution in [2.24, 2.45) is 9.98 Å². The van der Waals surface area contributed by atoms with E-state index in [1.54, 1.807) is 0 Å². The zero-order valence-electron chi connectivity index (χ0n) is 26.1. The average molecular weight is 614 g/mol. The number of aryl methyl sites for hydroxylation is 2. The van der Waals surface area contributed by atoms with E-state index in [-0.39, 0.29) is 28.0 Å². The normalized spacial score (nSPS) is 11.4. The number of benzene rings is 3. The van der Waals surface area contributed by atoms with E-state index in [0.29, 0.717) is 0 Å². The number of unbranched alkanes of at least 4 members (excludes halogenated alkanes) is 5. The Kier molecular flexibility index (Phi) is 20.0. The van der Waals surface area contributed by atoms with Crippen LogP contribution in [-0.4, -0.2) is 11.4 Å². The van der Waals surface area contributed by atoms with Gasteiger partial charge in [-0.15, -0.1) is 11.5 Å². The summed E-state index contributed by atoms with van der Waals surface area (Å²) in [6.07, 6.45) is 14.4. The van der Waals surface area contributed by atoms with Gasteiger partial charge in [0, 0.05) is 0 Å². The topological polar surface area (TPSA) is 70.8 Å². The van der Waals surface area contributed by atoms with E-state index in [2.05, 4.69) is 76.2 Å². The fourth-order valence-electron chi connectivity index (χ4n) is 4.76. The second-order valence-electron chi connectivity index (χ2n) is 10.6. The molecule has 0 aliphatic carbocycles. The van der Waals surface area contributed by atoms with Crippen molar-refractivity contribution in [3.63, 3.8) is 0 Å². The predicted octanol–water partition coefficient (Wildman–Crippen LogP) is 9.82. The van der Waals surface area contributed by atoms with Crippen molar-refractivity contribution >= 4 is 22.8 Å². The summed E-state index contributed by atoms with van der Waals surface area (Å²) in [7, 11) is 0. The third-order valence-corrected chi connectivity index (χ3v) is 6.96. The number of aliphatic imine (C=N–C) groups is 2. The quantitative estimate of drug-likeness (QED) is 0.0917. The smallest absolute Gasteiger partial charge is 0.873 e. The van der Waals surface area contributed by atoms with Crippen LogP contribution in [-0.2, 0) is 29.3 Å². The Morgan fingerprint density at radius 1 is 0.524 bits per heavy atom. The third-order valence-electron chi connectivity index (χ3n) is 6.96. The number of para-hydroxylation sites is 2. The Hall–Kier alpha value is -2.91. The molecule has 0 saturated heterocycles. The van der Waals surface area contributed by atoms with Gasteiger partial charge in [-0.25, -0.2) is 0 Å². The van der Waals surface area contributed by atoms with Crippen LogP contribution in [0.25, 0.3) is 0 Å². The van der Waals surface area contributed by atoms with Crippen LogP contribution in [0.2, 0.25) is 0 Å². The number of hydrogen-bond acceptors (Lipinski definition) is 4. The third kappa shape index (κ3) is 14.3. The molecule has 42 heavy (non-hydrogen) atoms. The van der Waals surface area contributed by atoms with E-state index in [4.69, 9.17) is 9.98 Å². The van der Waals surface area contributed by atoms with Crippen LogP contribution in [0.3, 0.4) is 0 Å². The summed E-state index contributed by atoms with van der Waals surface area (Å²) >= 11 is 0. The Morgan fingerprint density at radius 2 is 0.905 bits per heavy atom. The molecule has 4 nitrogen and oxygen atoms in total. The van der Waals surface area contributed by atoms with Gasteiger partial charge in [-0.1, -0.05) is 121 Å². The molecule has 3 rings (SSSR count). The van der Waals surface area contributed by atoms with Crippen molar-refractivity contribution in [1.82, 2.24) is 0 Å². The Morgan fingerprint density at radius 3 is 1.29 bits per heavy atom. The van der Waals surface area contributed by atoms with Gasteiger partial charge in [0.1, 0.15) is 0 Å². The molecule has 0 atom stereocenters. The molecule has 0 saturated carbocycles. The van der Waals surface area contributed by atoms with Gasteiger partial charge >= 0.3 is 16.5 Å². The summed E-state index contributed by atoms with van der Waals surface area (Å²) < 4.78 is 0. The first-order valence-corrected chi connectivity index (χ1v) is 15.8.